The maximum atomic E-state index is 11.3. The lowest BCUT2D eigenvalue weighted by atomic mass is 10.2. The van der Waals surface area contributed by atoms with E-state index in [9.17, 15) is 8.42 Å². The van der Waals surface area contributed by atoms with Crippen molar-refractivity contribution in [2.45, 2.75) is 18.9 Å². The number of likely N-dealkylation sites (tertiary alicyclic amines) is 1. The fourth-order valence-corrected chi connectivity index (χ4v) is 2.93. The van der Waals surface area contributed by atoms with Crippen LogP contribution in [0.3, 0.4) is 0 Å². The Hall–Kier alpha value is -0.170. The van der Waals surface area contributed by atoms with Gasteiger partial charge in [-0.25, -0.2) is 13.1 Å². The molecule has 1 aliphatic rings. The second-order valence-corrected chi connectivity index (χ2v) is 5.58. The van der Waals surface area contributed by atoms with Gasteiger partial charge in [0.25, 0.3) is 0 Å². The van der Waals surface area contributed by atoms with Crippen LogP contribution in [0.2, 0.25) is 0 Å². The molecule has 0 spiro atoms. The van der Waals surface area contributed by atoms with Gasteiger partial charge in [-0.3, -0.25) is 4.90 Å². The van der Waals surface area contributed by atoms with Gasteiger partial charge in [-0.1, -0.05) is 0 Å². The lowest BCUT2D eigenvalue weighted by molar-refractivity contribution is 0.277. The molecule has 0 aromatic carbocycles. The summed E-state index contributed by atoms with van der Waals surface area (Å²) in [5.74, 6) is 0.198. The van der Waals surface area contributed by atoms with Gasteiger partial charge in [0.15, 0.2) is 0 Å². The molecular weight excluding hydrogens is 202 g/mol. The molecule has 5 nitrogen and oxygen atoms in total. The first-order valence-corrected chi connectivity index (χ1v) is 6.59. The SMILES string of the molecule is CNS(=O)(=O)CC1CCCN1CCN. The fourth-order valence-electron chi connectivity index (χ4n) is 1.88. The minimum Gasteiger partial charge on any atom is -0.329 e. The van der Waals surface area contributed by atoms with Crippen LogP contribution in [0.5, 0.6) is 0 Å². The molecule has 1 saturated heterocycles. The molecule has 0 radical (unpaired) electrons. The van der Waals surface area contributed by atoms with Crippen LogP contribution in [0.4, 0.5) is 0 Å². The third-order valence-electron chi connectivity index (χ3n) is 2.64. The van der Waals surface area contributed by atoms with E-state index >= 15 is 0 Å². The van der Waals surface area contributed by atoms with E-state index in [1.165, 1.54) is 7.05 Å². The second-order valence-electron chi connectivity index (χ2n) is 3.61. The number of nitrogens with one attached hydrogen (secondary N) is 1. The van der Waals surface area contributed by atoms with E-state index in [-0.39, 0.29) is 11.8 Å². The quantitative estimate of drug-likeness (QED) is 0.622. The topological polar surface area (TPSA) is 75.4 Å². The number of sulfonamides is 1. The predicted octanol–water partition coefficient (Wildman–Crippen LogP) is -1.04. The Morgan fingerprint density at radius 3 is 2.86 bits per heavy atom. The van der Waals surface area contributed by atoms with Gasteiger partial charge in [0.2, 0.25) is 10.0 Å². The molecule has 1 atom stereocenters. The van der Waals surface area contributed by atoms with Crippen molar-refractivity contribution >= 4 is 10.0 Å². The first-order chi connectivity index (χ1) is 6.59. The van der Waals surface area contributed by atoms with Crippen LogP contribution < -0.4 is 10.5 Å². The molecule has 0 aromatic heterocycles. The van der Waals surface area contributed by atoms with E-state index in [0.29, 0.717) is 6.54 Å². The van der Waals surface area contributed by atoms with Crippen molar-refractivity contribution in [2.24, 2.45) is 5.73 Å². The summed E-state index contributed by atoms with van der Waals surface area (Å²) in [6.45, 7) is 2.36. The summed E-state index contributed by atoms with van der Waals surface area (Å²) in [6.07, 6.45) is 2.03. The summed E-state index contributed by atoms with van der Waals surface area (Å²) in [6, 6.07) is 0.149. The number of rotatable bonds is 5. The van der Waals surface area contributed by atoms with Gasteiger partial charge < -0.3 is 5.73 Å². The molecular formula is C8H19N3O2S. The van der Waals surface area contributed by atoms with Gasteiger partial charge in [-0.2, -0.15) is 0 Å². The Kier molecular flexibility index (Phi) is 4.31. The Morgan fingerprint density at radius 1 is 1.57 bits per heavy atom. The molecule has 0 bridgehead atoms. The monoisotopic (exact) mass is 221 g/mol. The summed E-state index contributed by atoms with van der Waals surface area (Å²) in [5, 5.41) is 0. The van der Waals surface area contributed by atoms with Crippen LogP contribution in [0.1, 0.15) is 12.8 Å². The summed E-state index contributed by atoms with van der Waals surface area (Å²) in [7, 11) is -1.63. The van der Waals surface area contributed by atoms with Crippen molar-refractivity contribution in [3.63, 3.8) is 0 Å². The molecule has 0 aliphatic carbocycles. The van der Waals surface area contributed by atoms with E-state index in [1.54, 1.807) is 0 Å². The third kappa shape index (κ3) is 3.20. The summed E-state index contributed by atoms with van der Waals surface area (Å²) in [4.78, 5) is 2.16. The molecule has 3 N–H and O–H groups in total. The number of hydrogen-bond acceptors (Lipinski definition) is 4. The van der Waals surface area contributed by atoms with E-state index < -0.39 is 10.0 Å². The van der Waals surface area contributed by atoms with Gasteiger partial charge in [-0.05, 0) is 26.4 Å². The highest BCUT2D eigenvalue weighted by Gasteiger charge is 2.27. The molecule has 1 aliphatic heterocycles. The van der Waals surface area contributed by atoms with Crippen LogP contribution in [0.15, 0.2) is 0 Å². The van der Waals surface area contributed by atoms with Crippen LogP contribution >= 0.6 is 0 Å². The highest BCUT2D eigenvalue weighted by molar-refractivity contribution is 7.89. The maximum absolute atomic E-state index is 11.3. The van der Waals surface area contributed by atoms with E-state index in [1.807, 2.05) is 0 Å². The average molecular weight is 221 g/mol. The Balaban J connectivity index is 2.51. The predicted molar refractivity (Wildman–Crippen MR) is 56.5 cm³/mol. The van der Waals surface area contributed by atoms with Crippen molar-refractivity contribution in [3.8, 4) is 0 Å². The lowest BCUT2D eigenvalue weighted by Crippen LogP contribution is -2.40. The van der Waals surface area contributed by atoms with E-state index in [2.05, 4.69) is 9.62 Å². The third-order valence-corrected chi connectivity index (χ3v) is 4.08. The molecule has 6 heteroatoms. The zero-order chi connectivity index (χ0) is 10.6. The van der Waals surface area contributed by atoms with Crippen molar-refractivity contribution in [1.82, 2.24) is 9.62 Å². The molecule has 1 fully saturated rings. The van der Waals surface area contributed by atoms with Gasteiger partial charge in [-0.15, -0.1) is 0 Å². The Morgan fingerprint density at radius 2 is 2.29 bits per heavy atom. The van der Waals surface area contributed by atoms with Crippen molar-refractivity contribution in [3.05, 3.63) is 0 Å². The molecule has 0 aromatic rings. The van der Waals surface area contributed by atoms with Crippen LogP contribution in [-0.2, 0) is 10.0 Å². The van der Waals surface area contributed by atoms with E-state index in [4.69, 9.17) is 5.73 Å². The van der Waals surface area contributed by atoms with Crippen molar-refractivity contribution in [2.75, 3.05) is 32.4 Å². The van der Waals surface area contributed by atoms with Gasteiger partial charge in [0, 0.05) is 19.1 Å². The average Bonchev–Trinajstić information content (AvgIpc) is 2.53. The largest absolute Gasteiger partial charge is 0.329 e. The van der Waals surface area contributed by atoms with Gasteiger partial charge in [0.1, 0.15) is 0 Å². The zero-order valence-electron chi connectivity index (χ0n) is 8.57. The Labute approximate surface area is 85.7 Å². The fraction of sp³-hybridized carbons (Fsp3) is 1.00. The maximum Gasteiger partial charge on any atom is 0.212 e. The molecule has 84 valence electrons. The number of nitrogens with two attached hydrogens (primary N) is 1. The first-order valence-electron chi connectivity index (χ1n) is 4.94. The highest BCUT2D eigenvalue weighted by Crippen LogP contribution is 2.17. The molecule has 1 heterocycles. The molecule has 14 heavy (non-hydrogen) atoms. The van der Waals surface area contributed by atoms with Gasteiger partial charge >= 0.3 is 0 Å². The Bertz CT molecular complexity index is 266. The zero-order valence-corrected chi connectivity index (χ0v) is 9.39. The normalized spacial score (nSPS) is 24.3. The molecule has 0 saturated carbocycles. The summed E-state index contributed by atoms with van der Waals surface area (Å²) >= 11 is 0. The molecule has 1 rings (SSSR count). The standard InChI is InChI=1S/C8H19N3O2S/c1-10-14(12,13)7-8-3-2-5-11(8)6-4-9/h8,10H,2-7,9H2,1H3. The summed E-state index contributed by atoms with van der Waals surface area (Å²) < 4.78 is 25.0. The minimum absolute atomic E-state index is 0.149. The molecule has 1 unspecified atom stereocenters. The van der Waals surface area contributed by atoms with Crippen LogP contribution in [0.25, 0.3) is 0 Å². The summed E-state index contributed by atoms with van der Waals surface area (Å²) in [5.41, 5.74) is 5.46. The smallest absolute Gasteiger partial charge is 0.212 e. The highest BCUT2D eigenvalue weighted by atomic mass is 32.2. The van der Waals surface area contributed by atoms with Crippen molar-refractivity contribution in [1.29, 1.82) is 0 Å². The molecule has 0 amide bonds. The number of hydrogen-bond donors (Lipinski definition) is 2. The number of nitrogens with zero attached hydrogens (tertiary/aromatic N) is 1. The first kappa shape index (κ1) is 11.9. The minimum atomic E-state index is -3.09. The van der Waals surface area contributed by atoms with E-state index in [0.717, 1.165) is 25.9 Å². The van der Waals surface area contributed by atoms with Crippen molar-refractivity contribution < 1.29 is 8.42 Å². The van der Waals surface area contributed by atoms with Crippen LogP contribution in [-0.4, -0.2) is 51.8 Å². The van der Waals surface area contributed by atoms with Crippen LogP contribution in [0, 0.1) is 0 Å². The second kappa shape index (κ2) is 5.06. The van der Waals surface area contributed by atoms with Gasteiger partial charge in [0.05, 0.1) is 5.75 Å². The lowest BCUT2D eigenvalue weighted by Gasteiger charge is -2.23.